The van der Waals surface area contributed by atoms with Gasteiger partial charge in [0, 0.05) is 16.0 Å². The van der Waals surface area contributed by atoms with E-state index in [2.05, 4.69) is 30.7 Å². The lowest BCUT2D eigenvalue weighted by Gasteiger charge is -2.06. The number of thiophene rings is 1. The molecule has 1 heterocycles. The van der Waals surface area contributed by atoms with Crippen molar-refractivity contribution in [2.45, 2.75) is 11.8 Å². The molecule has 0 unspecified atom stereocenters. The first-order chi connectivity index (χ1) is 6.24. The largest absolute Gasteiger partial charge is 0.398 e. The Morgan fingerprint density at radius 1 is 1.46 bits per heavy atom. The van der Waals surface area contributed by atoms with Crippen molar-refractivity contribution in [1.29, 1.82) is 0 Å². The first-order valence-corrected chi connectivity index (χ1v) is 6.14. The van der Waals surface area contributed by atoms with Crippen LogP contribution in [-0.4, -0.2) is 6.26 Å². The van der Waals surface area contributed by atoms with Crippen LogP contribution in [0.2, 0.25) is 0 Å². The second kappa shape index (κ2) is 3.24. The summed E-state index contributed by atoms with van der Waals surface area (Å²) >= 11 is 3.56. The molecule has 0 saturated heterocycles. The minimum atomic E-state index is 0.895. The zero-order chi connectivity index (χ0) is 9.42. The Morgan fingerprint density at radius 3 is 2.92 bits per heavy atom. The third kappa shape index (κ3) is 1.32. The summed E-state index contributed by atoms with van der Waals surface area (Å²) in [5, 5.41) is 3.29. The van der Waals surface area contributed by atoms with Crippen molar-refractivity contribution in [1.82, 2.24) is 0 Å². The number of thioether (sulfide) groups is 1. The fourth-order valence-electron chi connectivity index (χ4n) is 1.52. The molecule has 2 aromatic rings. The third-order valence-electron chi connectivity index (χ3n) is 2.12. The van der Waals surface area contributed by atoms with Gasteiger partial charge in [0.25, 0.3) is 0 Å². The zero-order valence-electron chi connectivity index (χ0n) is 7.63. The first kappa shape index (κ1) is 8.91. The van der Waals surface area contributed by atoms with E-state index in [4.69, 9.17) is 5.73 Å². The molecule has 1 aromatic carbocycles. The van der Waals surface area contributed by atoms with Gasteiger partial charge in [-0.05, 0) is 36.3 Å². The smallest absolute Gasteiger partial charge is 0.0501 e. The minimum Gasteiger partial charge on any atom is -0.398 e. The highest BCUT2D eigenvalue weighted by Gasteiger charge is 2.07. The van der Waals surface area contributed by atoms with Crippen LogP contribution >= 0.6 is 23.1 Å². The Balaban J connectivity index is 2.88. The first-order valence-electron chi connectivity index (χ1n) is 4.04. The highest BCUT2D eigenvalue weighted by molar-refractivity contribution is 7.99. The second-order valence-electron chi connectivity index (χ2n) is 2.98. The lowest BCUT2D eigenvalue weighted by Crippen LogP contribution is -1.88. The molecule has 1 aromatic heterocycles. The number of nitrogens with two attached hydrogens (primary N) is 1. The van der Waals surface area contributed by atoms with Gasteiger partial charge in [-0.15, -0.1) is 23.1 Å². The van der Waals surface area contributed by atoms with Crippen molar-refractivity contribution in [3.63, 3.8) is 0 Å². The van der Waals surface area contributed by atoms with E-state index < -0.39 is 0 Å². The van der Waals surface area contributed by atoms with Gasteiger partial charge in [0.15, 0.2) is 0 Å². The number of benzene rings is 1. The molecule has 0 saturated carbocycles. The molecule has 2 N–H and O–H groups in total. The molecule has 0 spiro atoms. The van der Waals surface area contributed by atoms with Gasteiger partial charge in [0.05, 0.1) is 4.70 Å². The molecule has 1 nitrogen and oxygen atoms in total. The monoisotopic (exact) mass is 209 g/mol. The molecule has 13 heavy (non-hydrogen) atoms. The lowest BCUT2D eigenvalue weighted by atomic mass is 10.1. The van der Waals surface area contributed by atoms with Crippen LogP contribution in [0.4, 0.5) is 5.69 Å². The fourth-order valence-corrected chi connectivity index (χ4v) is 3.51. The number of nitrogen functional groups attached to an aromatic ring is 1. The van der Waals surface area contributed by atoms with Crippen molar-refractivity contribution < 1.29 is 0 Å². The number of hydrogen-bond donors (Lipinski definition) is 1. The topological polar surface area (TPSA) is 26.0 Å². The molecule has 0 aliphatic heterocycles. The van der Waals surface area contributed by atoms with Gasteiger partial charge in [-0.25, -0.2) is 0 Å². The van der Waals surface area contributed by atoms with E-state index in [1.165, 1.54) is 20.5 Å². The van der Waals surface area contributed by atoms with Gasteiger partial charge in [0.1, 0.15) is 0 Å². The molecule has 0 aliphatic rings. The van der Waals surface area contributed by atoms with Crippen LogP contribution in [0.15, 0.2) is 22.4 Å². The van der Waals surface area contributed by atoms with Crippen molar-refractivity contribution in [3.05, 3.63) is 23.1 Å². The Morgan fingerprint density at radius 2 is 2.23 bits per heavy atom. The summed E-state index contributed by atoms with van der Waals surface area (Å²) in [7, 11) is 0. The summed E-state index contributed by atoms with van der Waals surface area (Å²) in [5.74, 6) is 0. The summed E-state index contributed by atoms with van der Waals surface area (Å²) in [5.41, 5.74) is 8.10. The maximum Gasteiger partial charge on any atom is 0.0501 e. The highest BCUT2D eigenvalue weighted by Crippen LogP contribution is 2.36. The van der Waals surface area contributed by atoms with Crippen LogP contribution in [-0.2, 0) is 0 Å². The summed E-state index contributed by atoms with van der Waals surface area (Å²) < 4.78 is 1.32. The number of aryl methyl sites for hydroxylation is 1. The van der Waals surface area contributed by atoms with Crippen molar-refractivity contribution in [3.8, 4) is 0 Å². The van der Waals surface area contributed by atoms with Crippen molar-refractivity contribution >= 4 is 38.9 Å². The predicted molar refractivity (Wildman–Crippen MR) is 62.8 cm³/mol. The van der Waals surface area contributed by atoms with E-state index in [0.29, 0.717) is 0 Å². The SMILES string of the molecule is CSc1c(C)cc(N)c2ccsc12. The van der Waals surface area contributed by atoms with Crippen molar-refractivity contribution in [2.24, 2.45) is 0 Å². The van der Waals surface area contributed by atoms with E-state index in [-0.39, 0.29) is 0 Å². The van der Waals surface area contributed by atoms with E-state index in [1.54, 1.807) is 23.1 Å². The average Bonchev–Trinajstić information content (AvgIpc) is 2.53. The van der Waals surface area contributed by atoms with Gasteiger partial charge in [-0.3, -0.25) is 0 Å². The van der Waals surface area contributed by atoms with Gasteiger partial charge in [-0.2, -0.15) is 0 Å². The molecule has 68 valence electrons. The molecule has 0 bridgehead atoms. The third-order valence-corrected chi connectivity index (χ3v) is 4.11. The van der Waals surface area contributed by atoms with Gasteiger partial charge >= 0.3 is 0 Å². The lowest BCUT2D eigenvalue weighted by molar-refractivity contribution is 1.37. The minimum absolute atomic E-state index is 0.895. The normalized spacial score (nSPS) is 10.9. The summed E-state index contributed by atoms with van der Waals surface area (Å²) in [6.07, 6.45) is 2.11. The molecular weight excluding hydrogens is 198 g/mol. The van der Waals surface area contributed by atoms with Gasteiger partial charge in [0.2, 0.25) is 0 Å². The predicted octanol–water partition coefficient (Wildman–Crippen LogP) is 3.51. The Bertz CT molecular complexity index is 445. The maximum absolute atomic E-state index is 5.92. The summed E-state index contributed by atoms with van der Waals surface area (Å²) in [6, 6.07) is 4.15. The zero-order valence-corrected chi connectivity index (χ0v) is 9.26. The fraction of sp³-hybridized carbons (Fsp3) is 0.200. The van der Waals surface area contributed by atoms with Crippen LogP contribution in [0.3, 0.4) is 0 Å². The van der Waals surface area contributed by atoms with Gasteiger partial charge in [-0.1, -0.05) is 0 Å². The maximum atomic E-state index is 5.92. The van der Waals surface area contributed by atoms with Crippen LogP contribution < -0.4 is 5.73 Å². The van der Waals surface area contributed by atoms with E-state index in [1.807, 2.05) is 0 Å². The quantitative estimate of drug-likeness (QED) is 0.574. The molecule has 0 aliphatic carbocycles. The summed E-state index contributed by atoms with van der Waals surface area (Å²) in [4.78, 5) is 1.36. The Kier molecular flexibility index (Phi) is 2.22. The molecule has 0 atom stereocenters. The van der Waals surface area contributed by atoms with Crippen LogP contribution in [0.1, 0.15) is 5.56 Å². The molecule has 2 rings (SSSR count). The van der Waals surface area contributed by atoms with E-state index >= 15 is 0 Å². The van der Waals surface area contributed by atoms with E-state index in [0.717, 1.165) is 5.69 Å². The molecular formula is C10H11NS2. The number of rotatable bonds is 1. The highest BCUT2D eigenvalue weighted by atomic mass is 32.2. The molecule has 0 radical (unpaired) electrons. The Labute approximate surface area is 85.9 Å². The average molecular weight is 209 g/mol. The van der Waals surface area contributed by atoms with Crippen LogP contribution in [0.5, 0.6) is 0 Å². The standard InChI is InChI=1S/C10H11NS2/c1-6-5-8(11)7-3-4-13-10(7)9(6)12-2/h3-5H,11H2,1-2H3. The molecule has 0 fully saturated rings. The van der Waals surface area contributed by atoms with E-state index in [9.17, 15) is 0 Å². The van der Waals surface area contributed by atoms with Crippen LogP contribution in [0, 0.1) is 6.92 Å². The number of anilines is 1. The molecule has 0 amide bonds. The van der Waals surface area contributed by atoms with Crippen LogP contribution in [0.25, 0.3) is 10.1 Å². The number of fused-ring (bicyclic) bond motifs is 1. The number of hydrogen-bond acceptors (Lipinski definition) is 3. The second-order valence-corrected chi connectivity index (χ2v) is 4.71. The van der Waals surface area contributed by atoms with Crippen molar-refractivity contribution in [2.75, 3.05) is 12.0 Å². The summed E-state index contributed by atoms with van der Waals surface area (Å²) in [6.45, 7) is 2.11. The Hall–Kier alpha value is -0.670. The molecule has 3 heteroatoms. The van der Waals surface area contributed by atoms with Gasteiger partial charge < -0.3 is 5.73 Å².